The molecule has 2 heterocycles. The molecule has 3 rings (SSSR count). The van der Waals surface area contributed by atoms with Crippen molar-refractivity contribution in [1.82, 2.24) is 9.80 Å². The van der Waals surface area contributed by atoms with Crippen molar-refractivity contribution in [2.45, 2.75) is 12.8 Å². The number of esters is 1. The number of methoxy groups -OCH3 is 1. The number of carbonyl (C=O) groups excluding carboxylic acids is 3. The molecule has 1 atom stereocenters. The van der Waals surface area contributed by atoms with Crippen molar-refractivity contribution < 1.29 is 23.9 Å². The molecule has 2 aliphatic heterocycles. The molecule has 164 valence electrons. The van der Waals surface area contributed by atoms with Gasteiger partial charge in [0.25, 0.3) is 0 Å². The Morgan fingerprint density at radius 1 is 1.17 bits per heavy atom. The van der Waals surface area contributed by atoms with E-state index in [9.17, 15) is 14.4 Å². The van der Waals surface area contributed by atoms with Crippen LogP contribution in [0.3, 0.4) is 0 Å². The number of morpholine rings is 1. The van der Waals surface area contributed by atoms with E-state index in [4.69, 9.17) is 9.47 Å². The second-order valence-electron chi connectivity index (χ2n) is 7.77. The van der Waals surface area contributed by atoms with Crippen LogP contribution >= 0.6 is 0 Å². The number of hydrogen-bond acceptors (Lipinski definition) is 6. The van der Waals surface area contributed by atoms with Crippen molar-refractivity contribution in [3.63, 3.8) is 0 Å². The Morgan fingerprint density at radius 3 is 2.57 bits per heavy atom. The highest BCUT2D eigenvalue weighted by Gasteiger charge is 2.30. The fourth-order valence-corrected chi connectivity index (χ4v) is 3.82. The zero-order valence-electron chi connectivity index (χ0n) is 17.8. The van der Waals surface area contributed by atoms with Crippen LogP contribution in [-0.2, 0) is 14.3 Å². The minimum absolute atomic E-state index is 0.0994. The van der Waals surface area contributed by atoms with Crippen LogP contribution in [0.2, 0.25) is 0 Å². The number of amides is 3. The number of ether oxygens (including phenoxy) is 2. The van der Waals surface area contributed by atoms with E-state index in [2.05, 4.69) is 10.2 Å². The van der Waals surface area contributed by atoms with Gasteiger partial charge in [-0.05, 0) is 31.0 Å². The minimum Gasteiger partial charge on any atom is -0.465 e. The Hall–Kier alpha value is -2.81. The topological polar surface area (TPSA) is 91.4 Å². The molecule has 9 nitrogen and oxygen atoms in total. The monoisotopic (exact) mass is 418 g/mol. The number of hydrogen-bond donors (Lipinski definition) is 1. The normalized spacial score (nSPS) is 19.2. The molecule has 0 bridgehead atoms. The first-order valence-electron chi connectivity index (χ1n) is 10.2. The highest BCUT2D eigenvalue weighted by Crippen LogP contribution is 2.26. The second-order valence-corrected chi connectivity index (χ2v) is 7.77. The maximum atomic E-state index is 12.9. The fourth-order valence-electron chi connectivity index (χ4n) is 3.82. The van der Waals surface area contributed by atoms with Crippen LogP contribution in [0.4, 0.5) is 16.2 Å². The predicted octanol–water partition coefficient (Wildman–Crippen LogP) is 1.64. The molecular weight excluding hydrogens is 388 g/mol. The molecule has 0 unspecified atom stereocenters. The molecule has 2 aliphatic rings. The van der Waals surface area contributed by atoms with Crippen LogP contribution in [0, 0.1) is 5.92 Å². The first-order valence-corrected chi connectivity index (χ1v) is 10.2. The van der Waals surface area contributed by atoms with Crippen molar-refractivity contribution in [3.8, 4) is 0 Å². The molecule has 1 aromatic rings. The lowest BCUT2D eigenvalue weighted by molar-refractivity contribution is -0.121. The van der Waals surface area contributed by atoms with Gasteiger partial charge in [-0.1, -0.05) is 0 Å². The number of rotatable bonds is 4. The van der Waals surface area contributed by atoms with Crippen LogP contribution in [0.15, 0.2) is 18.2 Å². The van der Waals surface area contributed by atoms with Gasteiger partial charge in [0.05, 0.1) is 37.5 Å². The Labute approximate surface area is 176 Å². The zero-order valence-corrected chi connectivity index (χ0v) is 17.8. The lowest BCUT2D eigenvalue weighted by atomic mass is 9.97. The lowest BCUT2D eigenvalue weighted by Gasteiger charge is -2.33. The summed E-state index contributed by atoms with van der Waals surface area (Å²) in [5.41, 5.74) is 1.61. The first-order chi connectivity index (χ1) is 14.4. The molecule has 30 heavy (non-hydrogen) atoms. The molecule has 3 amide bonds. The summed E-state index contributed by atoms with van der Waals surface area (Å²) in [6.07, 6.45) is 1.46. The van der Waals surface area contributed by atoms with E-state index < -0.39 is 5.97 Å². The molecule has 2 fully saturated rings. The molecule has 2 saturated heterocycles. The van der Waals surface area contributed by atoms with Crippen LogP contribution in [0.25, 0.3) is 0 Å². The Kier molecular flexibility index (Phi) is 7.15. The zero-order chi connectivity index (χ0) is 21.7. The molecule has 0 aliphatic carbocycles. The number of piperidine rings is 1. The third-order valence-electron chi connectivity index (χ3n) is 5.49. The summed E-state index contributed by atoms with van der Waals surface area (Å²) in [6, 6.07) is 5.27. The Bertz CT molecular complexity index is 792. The van der Waals surface area contributed by atoms with E-state index in [0.29, 0.717) is 44.0 Å². The third-order valence-corrected chi connectivity index (χ3v) is 5.49. The van der Waals surface area contributed by atoms with E-state index in [1.54, 1.807) is 31.1 Å². The maximum absolute atomic E-state index is 12.9. The van der Waals surface area contributed by atoms with Gasteiger partial charge >= 0.3 is 12.0 Å². The number of urea groups is 1. The van der Waals surface area contributed by atoms with Crippen LogP contribution < -0.4 is 10.2 Å². The second kappa shape index (κ2) is 9.80. The van der Waals surface area contributed by atoms with Crippen LogP contribution in [-0.4, -0.2) is 88.3 Å². The van der Waals surface area contributed by atoms with Gasteiger partial charge in [-0.2, -0.15) is 0 Å². The van der Waals surface area contributed by atoms with Gasteiger partial charge in [0.15, 0.2) is 0 Å². The van der Waals surface area contributed by atoms with Crippen molar-refractivity contribution >= 4 is 29.3 Å². The van der Waals surface area contributed by atoms with Crippen LogP contribution in [0.1, 0.15) is 23.2 Å². The largest absolute Gasteiger partial charge is 0.465 e. The van der Waals surface area contributed by atoms with E-state index in [0.717, 1.165) is 25.2 Å². The molecule has 0 saturated carbocycles. The van der Waals surface area contributed by atoms with Crippen molar-refractivity contribution in [1.29, 1.82) is 0 Å². The summed E-state index contributed by atoms with van der Waals surface area (Å²) < 4.78 is 10.3. The van der Waals surface area contributed by atoms with Gasteiger partial charge in [0, 0.05) is 46.0 Å². The van der Waals surface area contributed by atoms with Crippen molar-refractivity contribution in [2.75, 3.05) is 70.8 Å². The maximum Gasteiger partial charge on any atom is 0.340 e. The smallest absolute Gasteiger partial charge is 0.340 e. The molecular formula is C21H30N4O5. The highest BCUT2D eigenvalue weighted by molar-refractivity contribution is 6.02. The minimum atomic E-state index is -0.506. The quantitative estimate of drug-likeness (QED) is 0.748. The Balaban J connectivity index is 1.75. The molecule has 9 heteroatoms. The average molecular weight is 418 g/mol. The lowest BCUT2D eigenvalue weighted by Crippen LogP contribution is -2.47. The highest BCUT2D eigenvalue weighted by atomic mass is 16.5. The predicted molar refractivity (Wildman–Crippen MR) is 113 cm³/mol. The number of nitrogens with zero attached hydrogens (tertiary/aromatic N) is 3. The first kappa shape index (κ1) is 21.9. The van der Waals surface area contributed by atoms with E-state index in [1.807, 2.05) is 6.07 Å². The molecule has 0 spiro atoms. The van der Waals surface area contributed by atoms with Crippen molar-refractivity contribution in [3.05, 3.63) is 23.8 Å². The molecule has 1 aromatic carbocycles. The standard InChI is InChI=1S/C21H30N4O5/c1-23(2)21(28)25-8-4-5-15(14-25)19(26)22-18-7-6-16(13-17(18)20(27)29-3)24-9-11-30-12-10-24/h6-7,13,15H,4-5,8-12,14H2,1-3H3,(H,22,26)/t15-/m1/s1. The van der Waals surface area contributed by atoms with Gasteiger partial charge in [-0.25, -0.2) is 9.59 Å². The third kappa shape index (κ3) is 5.02. The SMILES string of the molecule is COC(=O)c1cc(N2CCOCC2)ccc1NC(=O)[C@@H]1CCCN(C(=O)N(C)C)C1. The number of carbonyl (C=O) groups is 3. The van der Waals surface area contributed by atoms with Crippen LogP contribution in [0.5, 0.6) is 0 Å². The summed E-state index contributed by atoms with van der Waals surface area (Å²) in [5.74, 6) is -1.03. The number of nitrogens with one attached hydrogen (secondary N) is 1. The van der Waals surface area contributed by atoms with E-state index in [1.165, 1.54) is 12.0 Å². The van der Waals surface area contributed by atoms with Gasteiger partial charge < -0.3 is 29.5 Å². The van der Waals surface area contributed by atoms with Gasteiger partial charge in [0.2, 0.25) is 5.91 Å². The van der Waals surface area contributed by atoms with E-state index in [-0.39, 0.29) is 17.9 Å². The molecule has 1 N–H and O–H groups in total. The Morgan fingerprint density at radius 2 is 1.90 bits per heavy atom. The summed E-state index contributed by atoms with van der Waals surface area (Å²) >= 11 is 0. The summed E-state index contributed by atoms with van der Waals surface area (Å²) in [5, 5.41) is 2.88. The summed E-state index contributed by atoms with van der Waals surface area (Å²) in [4.78, 5) is 42.9. The average Bonchev–Trinajstić information content (AvgIpc) is 2.78. The van der Waals surface area contributed by atoms with E-state index >= 15 is 0 Å². The van der Waals surface area contributed by atoms with Gasteiger partial charge in [-0.15, -0.1) is 0 Å². The van der Waals surface area contributed by atoms with Gasteiger partial charge in [0.1, 0.15) is 0 Å². The number of benzene rings is 1. The molecule has 0 radical (unpaired) electrons. The van der Waals surface area contributed by atoms with Crippen molar-refractivity contribution in [2.24, 2.45) is 5.92 Å². The summed E-state index contributed by atoms with van der Waals surface area (Å²) in [7, 11) is 4.72. The summed E-state index contributed by atoms with van der Waals surface area (Å²) in [6.45, 7) is 3.75. The number of anilines is 2. The van der Waals surface area contributed by atoms with Gasteiger partial charge in [-0.3, -0.25) is 4.79 Å². The molecule has 0 aromatic heterocycles. The number of likely N-dealkylation sites (tertiary alicyclic amines) is 1. The fraction of sp³-hybridized carbons (Fsp3) is 0.571.